The first-order valence-electron chi connectivity index (χ1n) is 7.15. The van der Waals surface area contributed by atoms with E-state index in [1.165, 1.54) is 0 Å². The molecular formula is C15H18N4O2. The number of aromatic nitrogens is 2. The molecule has 1 saturated heterocycles. The Hall–Kier alpha value is -2.21. The molecule has 2 N–H and O–H groups in total. The van der Waals surface area contributed by atoms with Gasteiger partial charge in [0, 0.05) is 12.8 Å². The number of carbonyl (C=O) groups is 1. The van der Waals surface area contributed by atoms with Crippen LogP contribution < -0.4 is 10.6 Å². The molecule has 0 radical (unpaired) electrons. The summed E-state index contributed by atoms with van der Waals surface area (Å²) in [5, 5.41) is 14.1. The van der Waals surface area contributed by atoms with Crippen molar-refractivity contribution in [3.63, 3.8) is 0 Å². The van der Waals surface area contributed by atoms with Gasteiger partial charge >= 0.3 is 0 Å². The predicted molar refractivity (Wildman–Crippen MR) is 78.7 cm³/mol. The average Bonchev–Trinajstić information content (AvgIpc) is 2.95. The quantitative estimate of drug-likeness (QED) is 0.902. The Kier molecular flexibility index (Phi) is 3.96. The summed E-state index contributed by atoms with van der Waals surface area (Å²) in [6.07, 6.45) is 1.74. The van der Waals surface area contributed by atoms with Gasteiger partial charge in [0.15, 0.2) is 0 Å². The molecule has 0 atom stereocenters. The van der Waals surface area contributed by atoms with Crippen LogP contribution in [-0.2, 0) is 4.79 Å². The van der Waals surface area contributed by atoms with Crippen LogP contribution in [0.5, 0.6) is 0 Å². The monoisotopic (exact) mass is 286 g/mol. The Morgan fingerprint density at radius 1 is 1.29 bits per heavy atom. The first-order valence-corrected chi connectivity index (χ1v) is 7.15. The molecule has 21 heavy (non-hydrogen) atoms. The summed E-state index contributed by atoms with van der Waals surface area (Å²) in [6, 6.07) is 7.48. The van der Waals surface area contributed by atoms with E-state index in [0.717, 1.165) is 31.5 Å². The summed E-state index contributed by atoms with van der Waals surface area (Å²) >= 11 is 0. The van der Waals surface area contributed by atoms with Crippen molar-refractivity contribution >= 4 is 11.6 Å². The van der Waals surface area contributed by atoms with Crippen molar-refractivity contribution in [1.29, 1.82) is 0 Å². The molecule has 0 aliphatic carbocycles. The van der Waals surface area contributed by atoms with E-state index in [1.807, 2.05) is 24.3 Å². The topological polar surface area (TPSA) is 80.0 Å². The lowest BCUT2D eigenvalue weighted by Gasteiger charge is -2.22. The number of benzene rings is 1. The molecule has 110 valence electrons. The maximum Gasteiger partial charge on any atom is 0.249 e. The molecule has 2 aromatic rings. The predicted octanol–water partition coefficient (Wildman–Crippen LogP) is 1.98. The van der Waals surface area contributed by atoms with Crippen LogP contribution in [0.1, 0.15) is 18.7 Å². The molecule has 1 amide bonds. The van der Waals surface area contributed by atoms with E-state index < -0.39 is 0 Å². The zero-order valence-electron chi connectivity index (χ0n) is 11.9. The standard InChI is InChI=1S/C15H18N4O2/c1-10-18-19-15(21-10)12-4-2-3-5-13(12)17-14(20)11-6-8-16-9-7-11/h2-5,11,16H,6-9H2,1H3,(H,17,20). The smallest absolute Gasteiger partial charge is 0.249 e. The van der Waals surface area contributed by atoms with E-state index in [0.29, 0.717) is 17.5 Å². The largest absolute Gasteiger partial charge is 0.421 e. The summed E-state index contributed by atoms with van der Waals surface area (Å²) in [5.74, 6) is 1.04. The molecule has 3 rings (SSSR count). The van der Waals surface area contributed by atoms with E-state index in [-0.39, 0.29) is 11.8 Å². The van der Waals surface area contributed by atoms with Gasteiger partial charge in [0.25, 0.3) is 0 Å². The first kappa shape index (κ1) is 13.8. The molecule has 1 fully saturated rings. The highest BCUT2D eigenvalue weighted by Crippen LogP contribution is 2.27. The van der Waals surface area contributed by atoms with Crippen molar-refractivity contribution < 1.29 is 9.21 Å². The zero-order valence-corrected chi connectivity index (χ0v) is 11.9. The van der Waals surface area contributed by atoms with Crippen LogP contribution in [0, 0.1) is 12.8 Å². The Morgan fingerprint density at radius 2 is 2.05 bits per heavy atom. The molecular weight excluding hydrogens is 268 g/mol. The summed E-state index contributed by atoms with van der Waals surface area (Å²) in [5.41, 5.74) is 1.46. The van der Waals surface area contributed by atoms with Crippen molar-refractivity contribution in [2.45, 2.75) is 19.8 Å². The summed E-state index contributed by atoms with van der Waals surface area (Å²) in [7, 11) is 0. The van der Waals surface area contributed by atoms with Crippen LogP contribution in [0.2, 0.25) is 0 Å². The van der Waals surface area contributed by atoms with Crippen LogP contribution in [0.15, 0.2) is 28.7 Å². The highest BCUT2D eigenvalue weighted by atomic mass is 16.4. The number of anilines is 1. The third kappa shape index (κ3) is 3.11. The Bertz CT molecular complexity index is 632. The van der Waals surface area contributed by atoms with E-state index in [1.54, 1.807) is 6.92 Å². The molecule has 1 aromatic carbocycles. The summed E-state index contributed by atoms with van der Waals surface area (Å²) in [4.78, 5) is 12.4. The molecule has 1 aromatic heterocycles. The molecule has 0 unspecified atom stereocenters. The second-order valence-corrected chi connectivity index (χ2v) is 5.19. The average molecular weight is 286 g/mol. The molecule has 6 heteroatoms. The second-order valence-electron chi connectivity index (χ2n) is 5.19. The van der Waals surface area contributed by atoms with Gasteiger partial charge in [-0.2, -0.15) is 0 Å². The fourth-order valence-electron chi connectivity index (χ4n) is 2.50. The number of piperidine rings is 1. The molecule has 0 spiro atoms. The fraction of sp³-hybridized carbons (Fsp3) is 0.400. The van der Waals surface area contributed by atoms with Gasteiger partial charge in [0.2, 0.25) is 17.7 Å². The lowest BCUT2D eigenvalue weighted by atomic mass is 9.97. The lowest BCUT2D eigenvalue weighted by molar-refractivity contribution is -0.120. The van der Waals surface area contributed by atoms with Gasteiger partial charge in [0.1, 0.15) is 0 Å². The molecule has 0 bridgehead atoms. The van der Waals surface area contributed by atoms with Crippen LogP contribution in [0.4, 0.5) is 5.69 Å². The Balaban J connectivity index is 1.80. The van der Waals surface area contributed by atoms with Crippen LogP contribution in [0.25, 0.3) is 11.5 Å². The normalized spacial score (nSPS) is 15.9. The van der Waals surface area contributed by atoms with Crippen LogP contribution >= 0.6 is 0 Å². The number of para-hydroxylation sites is 1. The van der Waals surface area contributed by atoms with Crippen molar-refractivity contribution in [2.24, 2.45) is 5.92 Å². The number of hydrogen-bond donors (Lipinski definition) is 2. The van der Waals surface area contributed by atoms with Gasteiger partial charge in [-0.3, -0.25) is 4.79 Å². The minimum Gasteiger partial charge on any atom is -0.421 e. The minimum atomic E-state index is 0.0557. The fourth-order valence-corrected chi connectivity index (χ4v) is 2.50. The third-order valence-electron chi connectivity index (χ3n) is 3.65. The summed E-state index contributed by atoms with van der Waals surface area (Å²) in [6.45, 7) is 3.53. The van der Waals surface area contributed by atoms with Gasteiger partial charge in [-0.15, -0.1) is 10.2 Å². The lowest BCUT2D eigenvalue weighted by Crippen LogP contribution is -2.34. The number of rotatable bonds is 3. The Labute approximate surface area is 123 Å². The first-order chi connectivity index (χ1) is 10.2. The van der Waals surface area contributed by atoms with E-state index in [9.17, 15) is 4.79 Å². The Morgan fingerprint density at radius 3 is 2.76 bits per heavy atom. The van der Waals surface area contributed by atoms with E-state index in [4.69, 9.17) is 4.42 Å². The van der Waals surface area contributed by atoms with Gasteiger partial charge in [-0.25, -0.2) is 0 Å². The van der Waals surface area contributed by atoms with Crippen molar-refractivity contribution in [3.05, 3.63) is 30.2 Å². The number of amides is 1. The van der Waals surface area contributed by atoms with Gasteiger partial charge < -0.3 is 15.1 Å². The van der Waals surface area contributed by atoms with Gasteiger partial charge in [-0.1, -0.05) is 12.1 Å². The van der Waals surface area contributed by atoms with Crippen molar-refractivity contribution in [2.75, 3.05) is 18.4 Å². The van der Waals surface area contributed by atoms with Gasteiger partial charge in [-0.05, 0) is 38.1 Å². The van der Waals surface area contributed by atoms with E-state index in [2.05, 4.69) is 20.8 Å². The van der Waals surface area contributed by atoms with Gasteiger partial charge in [0.05, 0.1) is 11.3 Å². The zero-order chi connectivity index (χ0) is 14.7. The number of nitrogens with one attached hydrogen (secondary N) is 2. The third-order valence-corrected chi connectivity index (χ3v) is 3.65. The van der Waals surface area contributed by atoms with Crippen molar-refractivity contribution in [3.8, 4) is 11.5 Å². The molecule has 2 heterocycles. The summed E-state index contributed by atoms with van der Waals surface area (Å²) < 4.78 is 5.45. The highest BCUT2D eigenvalue weighted by molar-refractivity contribution is 5.96. The van der Waals surface area contributed by atoms with Crippen molar-refractivity contribution in [1.82, 2.24) is 15.5 Å². The second kappa shape index (κ2) is 6.05. The maximum atomic E-state index is 12.4. The van der Waals surface area contributed by atoms with Crippen LogP contribution in [-0.4, -0.2) is 29.2 Å². The minimum absolute atomic E-state index is 0.0557. The number of nitrogens with zero attached hydrogens (tertiary/aromatic N) is 2. The molecule has 1 aliphatic heterocycles. The van der Waals surface area contributed by atoms with E-state index >= 15 is 0 Å². The maximum absolute atomic E-state index is 12.4. The number of aryl methyl sites for hydroxylation is 1. The number of hydrogen-bond acceptors (Lipinski definition) is 5. The molecule has 1 aliphatic rings. The SMILES string of the molecule is Cc1nnc(-c2ccccc2NC(=O)C2CCNCC2)o1. The molecule has 6 nitrogen and oxygen atoms in total. The highest BCUT2D eigenvalue weighted by Gasteiger charge is 2.22. The molecule has 0 saturated carbocycles. The van der Waals surface area contributed by atoms with Crippen LogP contribution in [0.3, 0.4) is 0 Å². The number of carbonyl (C=O) groups excluding carboxylic acids is 1.